The first kappa shape index (κ1) is 15.0. The van der Waals surface area contributed by atoms with E-state index in [0.29, 0.717) is 6.42 Å². The van der Waals surface area contributed by atoms with Crippen LogP contribution in [0.15, 0.2) is 30.4 Å². The second-order valence-electron chi connectivity index (χ2n) is 5.77. The van der Waals surface area contributed by atoms with E-state index in [-0.39, 0.29) is 23.2 Å². The minimum Gasteiger partial charge on any atom is -0.550 e. The lowest BCUT2D eigenvalue weighted by atomic mass is 9.82. The van der Waals surface area contributed by atoms with Crippen molar-refractivity contribution in [3.05, 3.63) is 40.5 Å². The predicted molar refractivity (Wildman–Crippen MR) is 76.1 cm³/mol. The summed E-state index contributed by atoms with van der Waals surface area (Å²) in [5.41, 5.74) is -0.305. The van der Waals surface area contributed by atoms with Gasteiger partial charge in [0.15, 0.2) is 0 Å². The summed E-state index contributed by atoms with van der Waals surface area (Å²) < 4.78 is 0. The number of nitro benzene ring substituents is 1. The standard InChI is InChI=1S/C15H14N2O6/c18-11-6-9(17(22)23)3-4-10(11)16-14(19)12-7-1-2-8(5-7)13(12)15(20)21/h1-4,6-8,12-13,18H,5H2,(H,16,19)(H,20,21)/p-1/t7-,8+,12+,13+/m1/s1. The number of carboxylic acids is 1. The second-order valence-corrected chi connectivity index (χ2v) is 5.77. The monoisotopic (exact) mass is 317 g/mol. The van der Waals surface area contributed by atoms with E-state index in [0.717, 1.165) is 12.1 Å². The van der Waals surface area contributed by atoms with Crippen molar-refractivity contribution < 1.29 is 24.7 Å². The van der Waals surface area contributed by atoms with E-state index >= 15 is 0 Å². The van der Waals surface area contributed by atoms with E-state index < -0.39 is 34.4 Å². The highest BCUT2D eigenvalue weighted by Crippen LogP contribution is 2.48. The number of allylic oxidation sites excluding steroid dienone is 2. The van der Waals surface area contributed by atoms with Crippen molar-refractivity contribution in [1.29, 1.82) is 0 Å². The van der Waals surface area contributed by atoms with E-state index in [2.05, 4.69) is 5.32 Å². The van der Waals surface area contributed by atoms with Crippen LogP contribution in [0.2, 0.25) is 0 Å². The van der Waals surface area contributed by atoms with Crippen molar-refractivity contribution in [1.82, 2.24) is 0 Å². The summed E-state index contributed by atoms with van der Waals surface area (Å²) in [5, 5.41) is 34.2. The number of benzene rings is 1. The molecule has 0 spiro atoms. The summed E-state index contributed by atoms with van der Waals surface area (Å²) in [7, 11) is 0. The van der Waals surface area contributed by atoms with Gasteiger partial charge in [-0.15, -0.1) is 0 Å². The number of hydrogen-bond acceptors (Lipinski definition) is 6. The maximum Gasteiger partial charge on any atom is 0.273 e. The van der Waals surface area contributed by atoms with Gasteiger partial charge in [-0.3, -0.25) is 14.9 Å². The predicted octanol–water partition coefficient (Wildman–Crippen LogP) is 0.427. The smallest absolute Gasteiger partial charge is 0.273 e. The number of phenolic OH excluding ortho intramolecular Hbond substituents is 1. The minimum absolute atomic E-state index is 0.00412. The van der Waals surface area contributed by atoms with Crippen LogP contribution in [0.4, 0.5) is 11.4 Å². The molecule has 0 unspecified atom stereocenters. The molecule has 8 nitrogen and oxygen atoms in total. The summed E-state index contributed by atoms with van der Waals surface area (Å²) in [4.78, 5) is 33.7. The van der Waals surface area contributed by atoms with Crippen LogP contribution in [0.3, 0.4) is 0 Å². The number of non-ortho nitro benzene ring substituents is 1. The quantitative estimate of drug-likeness (QED) is 0.358. The molecule has 0 aliphatic heterocycles. The Morgan fingerprint density at radius 1 is 1.22 bits per heavy atom. The van der Waals surface area contributed by atoms with Crippen LogP contribution in [0.5, 0.6) is 5.75 Å². The summed E-state index contributed by atoms with van der Waals surface area (Å²) >= 11 is 0. The van der Waals surface area contributed by atoms with E-state index in [1.807, 2.05) is 6.08 Å². The van der Waals surface area contributed by atoms with Crippen LogP contribution in [0, 0.1) is 33.8 Å². The maximum absolute atomic E-state index is 12.4. The number of nitrogens with one attached hydrogen (secondary N) is 1. The molecule has 1 aromatic rings. The van der Waals surface area contributed by atoms with Gasteiger partial charge in [-0.25, -0.2) is 0 Å². The average molecular weight is 317 g/mol. The van der Waals surface area contributed by atoms with Gasteiger partial charge in [-0.2, -0.15) is 0 Å². The molecule has 23 heavy (non-hydrogen) atoms. The van der Waals surface area contributed by atoms with Gasteiger partial charge < -0.3 is 20.3 Å². The molecule has 8 heteroatoms. The normalized spacial score (nSPS) is 27.8. The van der Waals surface area contributed by atoms with E-state index in [9.17, 15) is 29.9 Å². The molecular weight excluding hydrogens is 304 g/mol. The number of aliphatic carboxylic acids is 1. The van der Waals surface area contributed by atoms with Gasteiger partial charge in [0.05, 0.1) is 22.6 Å². The third-order valence-electron chi connectivity index (χ3n) is 4.48. The van der Waals surface area contributed by atoms with Gasteiger partial charge in [0.1, 0.15) is 5.75 Å². The second kappa shape index (κ2) is 5.38. The largest absolute Gasteiger partial charge is 0.550 e. The first-order valence-corrected chi connectivity index (χ1v) is 7.06. The summed E-state index contributed by atoms with van der Waals surface area (Å²) in [6, 6.07) is 3.28. The summed E-state index contributed by atoms with van der Waals surface area (Å²) in [6.45, 7) is 0. The molecule has 2 aliphatic carbocycles. The van der Waals surface area contributed by atoms with Gasteiger partial charge in [0, 0.05) is 18.0 Å². The number of carbonyl (C=O) groups excluding carboxylic acids is 2. The van der Waals surface area contributed by atoms with Crippen LogP contribution in [0.1, 0.15) is 6.42 Å². The van der Waals surface area contributed by atoms with Gasteiger partial charge >= 0.3 is 0 Å². The first-order valence-electron chi connectivity index (χ1n) is 7.06. The van der Waals surface area contributed by atoms with E-state index in [1.54, 1.807) is 6.08 Å². The van der Waals surface area contributed by atoms with Crippen LogP contribution in [0.25, 0.3) is 0 Å². The number of hydrogen-bond donors (Lipinski definition) is 2. The molecule has 1 fully saturated rings. The molecular formula is C15H13N2O6-. The Morgan fingerprint density at radius 3 is 2.43 bits per heavy atom. The third kappa shape index (κ3) is 2.52. The van der Waals surface area contributed by atoms with Gasteiger partial charge in [-0.05, 0) is 24.3 Å². The van der Waals surface area contributed by atoms with E-state index in [1.165, 1.54) is 6.07 Å². The van der Waals surface area contributed by atoms with Gasteiger partial charge in [0.25, 0.3) is 5.69 Å². The lowest BCUT2D eigenvalue weighted by Gasteiger charge is -2.27. The molecule has 120 valence electrons. The lowest BCUT2D eigenvalue weighted by Crippen LogP contribution is -2.42. The number of nitrogens with zero attached hydrogens (tertiary/aromatic N) is 1. The van der Waals surface area contributed by atoms with Crippen molar-refractivity contribution in [2.45, 2.75) is 6.42 Å². The highest BCUT2D eigenvalue weighted by atomic mass is 16.6. The lowest BCUT2D eigenvalue weighted by molar-refractivity contribution is -0.384. The van der Waals surface area contributed by atoms with E-state index in [4.69, 9.17) is 0 Å². The fourth-order valence-electron chi connectivity index (χ4n) is 3.46. The Balaban J connectivity index is 1.81. The van der Waals surface area contributed by atoms with Crippen molar-refractivity contribution in [2.24, 2.45) is 23.7 Å². The number of phenols is 1. The molecule has 1 amide bonds. The van der Waals surface area contributed by atoms with Crippen LogP contribution >= 0.6 is 0 Å². The van der Waals surface area contributed by atoms with Crippen LogP contribution in [-0.4, -0.2) is 21.9 Å². The Bertz CT molecular complexity index is 729. The van der Waals surface area contributed by atoms with Gasteiger partial charge in [-0.1, -0.05) is 12.2 Å². The number of rotatable bonds is 4. The molecule has 0 saturated heterocycles. The number of carbonyl (C=O) groups is 2. The zero-order chi connectivity index (χ0) is 16.7. The van der Waals surface area contributed by atoms with Crippen molar-refractivity contribution in [2.75, 3.05) is 5.32 Å². The SMILES string of the molecule is O=C(Nc1ccc([N+](=O)[O-])cc1O)[C@@H]1[C@@H](C(=O)[O-])[C@H]2C=C[C@@H]1C2. The summed E-state index contributed by atoms with van der Waals surface area (Å²) in [5.74, 6) is -4.32. The fourth-order valence-corrected chi connectivity index (χ4v) is 3.46. The molecule has 0 radical (unpaired) electrons. The molecule has 2 aliphatic rings. The van der Waals surface area contributed by atoms with Gasteiger partial charge in [0.2, 0.25) is 5.91 Å². The van der Waals surface area contributed by atoms with Crippen LogP contribution in [-0.2, 0) is 9.59 Å². The molecule has 3 rings (SSSR count). The number of amides is 1. The topological polar surface area (TPSA) is 133 Å². The maximum atomic E-state index is 12.4. The summed E-state index contributed by atoms with van der Waals surface area (Å²) in [6.07, 6.45) is 4.20. The number of aromatic hydroxyl groups is 1. The van der Waals surface area contributed by atoms with Crippen molar-refractivity contribution >= 4 is 23.3 Å². The van der Waals surface area contributed by atoms with Crippen molar-refractivity contribution in [3.63, 3.8) is 0 Å². The average Bonchev–Trinajstić information content (AvgIpc) is 3.09. The Hall–Kier alpha value is -2.90. The minimum atomic E-state index is -1.27. The highest BCUT2D eigenvalue weighted by molar-refractivity contribution is 5.97. The number of nitro groups is 1. The molecule has 0 heterocycles. The molecule has 4 atom stereocenters. The highest BCUT2D eigenvalue weighted by Gasteiger charge is 2.48. The molecule has 2 bridgehead atoms. The number of anilines is 1. The fraction of sp³-hybridized carbons (Fsp3) is 0.333. The Kier molecular flexibility index (Phi) is 3.51. The third-order valence-corrected chi connectivity index (χ3v) is 4.48. The Morgan fingerprint density at radius 2 is 1.87 bits per heavy atom. The number of fused-ring (bicyclic) bond motifs is 2. The Labute approximate surface area is 130 Å². The molecule has 1 saturated carbocycles. The number of carboxylic acid groups (broad SMARTS) is 1. The zero-order valence-corrected chi connectivity index (χ0v) is 11.8. The molecule has 0 aromatic heterocycles. The zero-order valence-electron chi connectivity index (χ0n) is 11.8. The first-order chi connectivity index (χ1) is 10.9. The molecule has 1 aromatic carbocycles. The van der Waals surface area contributed by atoms with Crippen LogP contribution < -0.4 is 10.4 Å². The molecule has 2 N–H and O–H groups in total. The van der Waals surface area contributed by atoms with Crippen molar-refractivity contribution in [3.8, 4) is 5.75 Å².